The molecule has 84 valence electrons. The van der Waals surface area contributed by atoms with Gasteiger partial charge in [0.25, 0.3) is 0 Å². The number of rotatable bonds is 4. The molecule has 0 fully saturated rings. The second-order valence-corrected chi connectivity index (χ2v) is 4.21. The minimum absolute atomic E-state index is 0.164. The van der Waals surface area contributed by atoms with Gasteiger partial charge in [0.1, 0.15) is 5.82 Å². The van der Waals surface area contributed by atoms with Gasteiger partial charge in [-0.05, 0) is 44.0 Å². The van der Waals surface area contributed by atoms with Crippen molar-refractivity contribution in [2.45, 2.75) is 33.2 Å². The van der Waals surface area contributed by atoms with Crippen LogP contribution in [0.15, 0.2) is 12.1 Å². The molecule has 1 atom stereocenters. The van der Waals surface area contributed by atoms with Gasteiger partial charge in [0.2, 0.25) is 0 Å². The highest BCUT2D eigenvalue weighted by atomic mass is 35.5. The average molecular weight is 230 g/mol. The van der Waals surface area contributed by atoms with Gasteiger partial charge in [0.05, 0.1) is 0 Å². The van der Waals surface area contributed by atoms with Crippen molar-refractivity contribution >= 4 is 11.6 Å². The van der Waals surface area contributed by atoms with E-state index in [2.05, 4.69) is 12.2 Å². The lowest BCUT2D eigenvalue weighted by Crippen LogP contribution is -2.19. The second-order valence-electron chi connectivity index (χ2n) is 3.80. The predicted octanol–water partition coefficient (Wildman–Crippen LogP) is 3.85. The Balaban J connectivity index is 2.88. The minimum atomic E-state index is -0.244. The van der Waals surface area contributed by atoms with Crippen LogP contribution in [-0.2, 0) is 0 Å². The summed E-state index contributed by atoms with van der Waals surface area (Å²) in [7, 11) is 0. The number of halogens is 2. The highest BCUT2D eigenvalue weighted by molar-refractivity contribution is 6.31. The number of nitrogens with one attached hydrogen (secondary N) is 1. The van der Waals surface area contributed by atoms with Crippen LogP contribution < -0.4 is 5.32 Å². The molecule has 1 aromatic rings. The smallest absolute Gasteiger partial charge is 0.127 e. The van der Waals surface area contributed by atoms with E-state index in [0.717, 1.165) is 18.5 Å². The highest BCUT2D eigenvalue weighted by Gasteiger charge is 2.11. The number of benzene rings is 1. The van der Waals surface area contributed by atoms with Crippen molar-refractivity contribution in [3.63, 3.8) is 0 Å². The summed E-state index contributed by atoms with van der Waals surface area (Å²) in [4.78, 5) is 0. The summed E-state index contributed by atoms with van der Waals surface area (Å²) in [5.41, 5.74) is 1.60. The lowest BCUT2D eigenvalue weighted by Gasteiger charge is -2.16. The van der Waals surface area contributed by atoms with Crippen LogP contribution in [0.5, 0.6) is 0 Å². The van der Waals surface area contributed by atoms with Crippen molar-refractivity contribution in [2.75, 3.05) is 6.54 Å². The summed E-state index contributed by atoms with van der Waals surface area (Å²) in [6.07, 6.45) is 1.07. The first kappa shape index (κ1) is 12.5. The van der Waals surface area contributed by atoms with Gasteiger partial charge >= 0.3 is 0 Å². The Bertz CT molecular complexity index is 339. The Morgan fingerprint density at radius 2 is 2.13 bits per heavy atom. The van der Waals surface area contributed by atoms with E-state index < -0.39 is 0 Å². The molecular formula is C12H17ClFN. The van der Waals surface area contributed by atoms with Crippen molar-refractivity contribution in [1.82, 2.24) is 5.32 Å². The van der Waals surface area contributed by atoms with Crippen LogP contribution in [0, 0.1) is 12.7 Å². The molecule has 0 spiro atoms. The zero-order chi connectivity index (χ0) is 11.4. The standard InChI is InChI=1S/C12H17ClFN/c1-4-5-15-9(3)10-6-8(2)12(14)7-11(10)13/h6-7,9,15H,4-5H2,1-3H3. The third-order valence-electron chi connectivity index (χ3n) is 2.44. The minimum Gasteiger partial charge on any atom is -0.310 e. The Morgan fingerprint density at radius 3 is 2.73 bits per heavy atom. The normalized spacial score (nSPS) is 12.9. The Hall–Kier alpha value is -0.600. The predicted molar refractivity (Wildman–Crippen MR) is 62.9 cm³/mol. The fourth-order valence-corrected chi connectivity index (χ4v) is 1.80. The molecule has 1 rings (SSSR count). The largest absolute Gasteiger partial charge is 0.310 e. The molecule has 0 radical (unpaired) electrons. The van der Waals surface area contributed by atoms with Crippen molar-refractivity contribution in [1.29, 1.82) is 0 Å². The van der Waals surface area contributed by atoms with Crippen LogP contribution in [0.4, 0.5) is 4.39 Å². The monoisotopic (exact) mass is 229 g/mol. The summed E-state index contributed by atoms with van der Waals surface area (Å²) in [5.74, 6) is -0.244. The van der Waals surface area contributed by atoms with Crippen LogP contribution in [0.25, 0.3) is 0 Å². The molecule has 0 saturated heterocycles. The maximum atomic E-state index is 13.2. The maximum Gasteiger partial charge on any atom is 0.127 e. The Kier molecular flexibility index (Phi) is 4.55. The number of hydrogen-bond donors (Lipinski definition) is 1. The van der Waals surface area contributed by atoms with Crippen molar-refractivity contribution < 1.29 is 4.39 Å². The summed E-state index contributed by atoms with van der Waals surface area (Å²) in [6, 6.07) is 3.36. The van der Waals surface area contributed by atoms with E-state index in [4.69, 9.17) is 11.6 Å². The van der Waals surface area contributed by atoms with Gasteiger partial charge < -0.3 is 5.32 Å². The molecule has 0 heterocycles. The van der Waals surface area contributed by atoms with Crippen LogP contribution in [0.2, 0.25) is 5.02 Å². The van der Waals surface area contributed by atoms with Crippen LogP contribution in [-0.4, -0.2) is 6.54 Å². The van der Waals surface area contributed by atoms with Gasteiger partial charge in [0, 0.05) is 11.1 Å². The maximum absolute atomic E-state index is 13.2. The van der Waals surface area contributed by atoms with Gasteiger partial charge in [-0.25, -0.2) is 4.39 Å². The summed E-state index contributed by atoms with van der Waals surface area (Å²) in [6.45, 7) is 6.83. The second kappa shape index (κ2) is 5.47. The van der Waals surface area contributed by atoms with Crippen molar-refractivity contribution in [3.05, 3.63) is 34.1 Å². The first-order chi connectivity index (χ1) is 7.06. The molecule has 0 aliphatic heterocycles. The van der Waals surface area contributed by atoms with E-state index in [0.29, 0.717) is 10.6 Å². The molecule has 1 unspecified atom stereocenters. The fourth-order valence-electron chi connectivity index (χ4n) is 1.48. The molecule has 1 nitrogen and oxygen atoms in total. The lowest BCUT2D eigenvalue weighted by molar-refractivity contribution is 0.566. The fraction of sp³-hybridized carbons (Fsp3) is 0.500. The summed E-state index contributed by atoms with van der Waals surface area (Å²) >= 11 is 6.00. The molecule has 1 aromatic carbocycles. The van der Waals surface area contributed by atoms with Gasteiger partial charge in [-0.3, -0.25) is 0 Å². The first-order valence-electron chi connectivity index (χ1n) is 5.25. The topological polar surface area (TPSA) is 12.0 Å². The van der Waals surface area contributed by atoms with E-state index >= 15 is 0 Å². The van der Waals surface area contributed by atoms with E-state index in [1.807, 2.05) is 13.0 Å². The summed E-state index contributed by atoms with van der Waals surface area (Å²) < 4.78 is 13.2. The molecule has 0 saturated carbocycles. The quantitative estimate of drug-likeness (QED) is 0.827. The van der Waals surface area contributed by atoms with Gasteiger partial charge in [0.15, 0.2) is 0 Å². The zero-order valence-electron chi connectivity index (χ0n) is 9.40. The van der Waals surface area contributed by atoms with Gasteiger partial charge in [-0.2, -0.15) is 0 Å². The SMILES string of the molecule is CCCNC(C)c1cc(C)c(F)cc1Cl. The highest BCUT2D eigenvalue weighted by Crippen LogP contribution is 2.25. The van der Waals surface area contributed by atoms with Crippen LogP contribution in [0.3, 0.4) is 0 Å². The molecule has 0 amide bonds. The first-order valence-corrected chi connectivity index (χ1v) is 5.63. The molecule has 0 aliphatic carbocycles. The van der Waals surface area contributed by atoms with Gasteiger partial charge in [-0.15, -0.1) is 0 Å². The van der Waals surface area contributed by atoms with Crippen LogP contribution >= 0.6 is 11.6 Å². The van der Waals surface area contributed by atoms with Crippen LogP contribution in [0.1, 0.15) is 37.4 Å². The third-order valence-corrected chi connectivity index (χ3v) is 2.77. The van der Waals surface area contributed by atoms with Crippen molar-refractivity contribution in [3.8, 4) is 0 Å². The number of aryl methyl sites for hydroxylation is 1. The van der Waals surface area contributed by atoms with E-state index in [1.54, 1.807) is 6.92 Å². The average Bonchev–Trinajstić information content (AvgIpc) is 2.20. The summed E-state index contributed by atoms with van der Waals surface area (Å²) in [5, 5.41) is 3.82. The zero-order valence-corrected chi connectivity index (χ0v) is 10.2. The molecule has 0 bridgehead atoms. The molecule has 0 aliphatic rings. The molecule has 15 heavy (non-hydrogen) atoms. The Labute approximate surface area is 95.6 Å². The molecule has 1 N–H and O–H groups in total. The van der Waals surface area contributed by atoms with E-state index in [9.17, 15) is 4.39 Å². The molecule has 0 aromatic heterocycles. The Morgan fingerprint density at radius 1 is 1.47 bits per heavy atom. The number of hydrogen-bond acceptors (Lipinski definition) is 1. The van der Waals surface area contributed by atoms with E-state index in [1.165, 1.54) is 6.07 Å². The third kappa shape index (κ3) is 3.18. The lowest BCUT2D eigenvalue weighted by atomic mass is 10.1. The van der Waals surface area contributed by atoms with Gasteiger partial charge in [-0.1, -0.05) is 24.6 Å². The molecular weight excluding hydrogens is 213 g/mol. The van der Waals surface area contributed by atoms with E-state index in [-0.39, 0.29) is 11.9 Å². The molecule has 3 heteroatoms. The van der Waals surface area contributed by atoms with Crippen molar-refractivity contribution in [2.24, 2.45) is 0 Å².